The molecule has 1 amide bonds. The van der Waals surface area contributed by atoms with Gasteiger partial charge in [0.1, 0.15) is 0 Å². The predicted octanol–water partition coefficient (Wildman–Crippen LogP) is 3.32. The van der Waals surface area contributed by atoms with Crippen molar-refractivity contribution in [3.63, 3.8) is 0 Å². The largest absolute Gasteiger partial charge is 0.348 e. The van der Waals surface area contributed by atoms with Crippen LogP contribution in [0.1, 0.15) is 16.7 Å². The molecule has 2 rings (SSSR count). The van der Waals surface area contributed by atoms with Gasteiger partial charge in [-0.25, -0.2) is 0 Å². The quantitative estimate of drug-likeness (QED) is 0.830. The summed E-state index contributed by atoms with van der Waals surface area (Å²) < 4.78 is 0. The van der Waals surface area contributed by atoms with Crippen LogP contribution in [0.25, 0.3) is 6.08 Å². The lowest BCUT2D eigenvalue weighted by atomic mass is 10.1. The van der Waals surface area contributed by atoms with E-state index in [0.717, 1.165) is 11.1 Å². The average molecular weight is 251 g/mol. The average Bonchev–Trinajstić information content (AvgIpc) is 2.45. The molecule has 0 bridgehead atoms. The molecule has 96 valence electrons. The number of nitrogens with one attached hydrogen (secondary N) is 1. The third-order valence-corrected chi connectivity index (χ3v) is 2.94. The topological polar surface area (TPSA) is 29.1 Å². The van der Waals surface area contributed by atoms with E-state index in [4.69, 9.17) is 0 Å². The van der Waals surface area contributed by atoms with Gasteiger partial charge in [0.15, 0.2) is 0 Å². The number of amides is 1. The van der Waals surface area contributed by atoms with Crippen molar-refractivity contribution in [1.29, 1.82) is 0 Å². The van der Waals surface area contributed by atoms with Gasteiger partial charge in [0, 0.05) is 12.6 Å². The molecular weight excluding hydrogens is 234 g/mol. The van der Waals surface area contributed by atoms with E-state index >= 15 is 0 Å². The molecule has 0 spiro atoms. The summed E-state index contributed by atoms with van der Waals surface area (Å²) in [5.74, 6) is -0.0768. The van der Waals surface area contributed by atoms with Gasteiger partial charge in [-0.05, 0) is 29.7 Å². The molecule has 0 aliphatic carbocycles. The Bertz CT molecular complexity index is 573. The Morgan fingerprint density at radius 2 is 1.74 bits per heavy atom. The Balaban J connectivity index is 1.89. The Morgan fingerprint density at radius 1 is 1.05 bits per heavy atom. The molecule has 0 radical (unpaired) electrons. The first-order chi connectivity index (χ1) is 9.25. The lowest BCUT2D eigenvalue weighted by molar-refractivity contribution is -0.116. The lowest BCUT2D eigenvalue weighted by Gasteiger charge is -2.05. The second kappa shape index (κ2) is 6.55. The van der Waals surface area contributed by atoms with E-state index in [9.17, 15) is 4.79 Å². The predicted molar refractivity (Wildman–Crippen MR) is 78.5 cm³/mol. The first kappa shape index (κ1) is 13.1. The van der Waals surface area contributed by atoms with Gasteiger partial charge in [0.2, 0.25) is 5.91 Å². The summed E-state index contributed by atoms with van der Waals surface area (Å²) in [6, 6.07) is 17.8. The maximum Gasteiger partial charge on any atom is 0.244 e. The number of hydrogen-bond donors (Lipinski definition) is 1. The smallest absolute Gasteiger partial charge is 0.244 e. The van der Waals surface area contributed by atoms with Gasteiger partial charge in [0.25, 0.3) is 0 Å². The van der Waals surface area contributed by atoms with Crippen LogP contribution in [0.3, 0.4) is 0 Å². The SMILES string of the molecule is Cc1ccccc1CNC(=O)C=Cc1ccccc1. The minimum atomic E-state index is -0.0768. The molecule has 2 nitrogen and oxygen atoms in total. The molecule has 2 aromatic rings. The molecule has 0 aromatic heterocycles. The fourth-order valence-electron chi connectivity index (χ4n) is 1.79. The van der Waals surface area contributed by atoms with Crippen molar-refractivity contribution in [3.8, 4) is 0 Å². The van der Waals surface area contributed by atoms with Crippen LogP contribution in [0, 0.1) is 6.92 Å². The molecule has 2 aromatic carbocycles. The zero-order chi connectivity index (χ0) is 13.5. The normalized spacial score (nSPS) is 10.6. The third kappa shape index (κ3) is 4.11. The van der Waals surface area contributed by atoms with Crippen LogP contribution in [-0.4, -0.2) is 5.91 Å². The first-order valence-electron chi connectivity index (χ1n) is 6.31. The molecule has 0 aliphatic rings. The highest BCUT2D eigenvalue weighted by atomic mass is 16.1. The fraction of sp³-hybridized carbons (Fsp3) is 0.118. The molecule has 19 heavy (non-hydrogen) atoms. The van der Waals surface area contributed by atoms with E-state index in [-0.39, 0.29) is 5.91 Å². The van der Waals surface area contributed by atoms with Gasteiger partial charge >= 0.3 is 0 Å². The molecule has 0 heterocycles. The standard InChI is InChI=1S/C17H17NO/c1-14-7-5-6-10-16(14)13-18-17(19)12-11-15-8-3-2-4-9-15/h2-12H,13H2,1H3,(H,18,19). The molecule has 0 fully saturated rings. The summed E-state index contributed by atoms with van der Waals surface area (Å²) in [7, 11) is 0. The lowest BCUT2D eigenvalue weighted by Crippen LogP contribution is -2.20. The van der Waals surface area contributed by atoms with Gasteiger partial charge in [-0.3, -0.25) is 4.79 Å². The highest BCUT2D eigenvalue weighted by Gasteiger charge is 1.99. The summed E-state index contributed by atoms with van der Waals surface area (Å²) in [6.07, 6.45) is 3.38. The number of hydrogen-bond acceptors (Lipinski definition) is 1. The number of aryl methyl sites for hydroxylation is 1. The molecule has 0 unspecified atom stereocenters. The zero-order valence-corrected chi connectivity index (χ0v) is 11.0. The number of rotatable bonds is 4. The van der Waals surface area contributed by atoms with Crippen molar-refractivity contribution in [2.24, 2.45) is 0 Å². The van der Waals surface area contributed by atoms with Crippen molar-refractivity contribution in [1.82, 2.24) is 5.32 Å². The Labute approximate surface area is 113 Å². The van der Waals surface area contributed by atoms with Crippen LogP contribution < -0.4 is 5.32 Å². The highest BCUT2D eigenvalue weighted by molar-refractivity contribution is 5.91. The minimum absolute atomic E-state index is 0.0768. The van der Waals surface area contributed by atoms with Crippen LogP contribution in [0.5, 0.6) is 0 Å². The molecule has 1 N–H and O–H groups in total. The second-order valence-electron chi connectivity index (χ2n) is 4.39. The fourth-order valence-corrected chi connectivity index (χ4v) is 1.79. The molecule has 2 heteroatoms. The Kier molecular flexibility index (Phi) is 4.51. The number of carbonyl (C=O) groups excluding carboxylic acids is 1. The van der Waals surface area contributed by atoms with Crippen molar-refractivity contribution < 1.29 is 4.79 Å². The Hall–Kier alpha value is -2.35. The van der Waals surface area contributed by atoms with E-state index in [0.29, 0.717) is 6.54 Å². The summed E-state index contributed by atoms with van der Waals surface area (Å²) in [4.78, 5) is 11.7. The van der Waals surface area contributed by atoms with E-state index < -0.39 is 0 Å². The van der Waals surface area contributed by atoms with Crippen LogP contribution in [0.2, 0.25) is 0 Å². The van der Waals surface area contributed by atoms with Crippen LogP contribution >= 0.6 is 0 Å². The molecule has 0 aliphatic heterocycles. The maximum absolute atomic E-state index is 11.7. The van der Waals surface area contributed by atoms with Gasteiger partial charge in [-0.2, -0.15) is 0 Å². The first-order valence-corrected chi connectivity index (χ1v) is 6.31. The zero-order valence-electron chi connectivity index (χ0n) is 11.0. The van der Waals surface area contributed by atoms with E-state index in [1.54, 1.807) is 6.08 Å². The monoisotopic (exact) mass is 251 g/mol. The summed E-state index contributed by atoms with van der Waals surface area (Å²) in [5.41, 5.74) is 3.35. The van der Waals surface area contributed by atoms with Crippen LogP contribution in [-0.2, 0) is 11.3 Å². The Morgan fingerprint density at radius 3 is 2.47 bits per heavy atom. The molecule has 0 atom stereocenters. The molecule has 0 saturated carbocycles. The summed E-state index contributed by atoms with van der Waals surface area (Å²) >= 11 is 0. The van der Waals surface area contributed by atoms with Gasteiger partial charge in [-0.1, -0.05) is 54.6 Å². The van der Waals surface area contributed by atoms with E-state index in [1.165, 1.54) is 5.56 Å². The van der Waals surface area contributed by atoms with Gasteiger partial charge in [-0.15, -0.1) is 0 Å². The molecule has 0 saturated heterocycles. The van der Waals surface area contributed by atoms with Gasteiger partial charge in [0.05, 0.1) is 0 Å². The van der Waals surface area contributed by atoms with Crippen LogP contribution in [0.4, 0.5) is 0 Å². The molecular formula is C17H17NO. The third-order valence-electron chi connectivity index (χ3n) is 2.94. The summed E-state index contributed by atoms with van der Waals surface area (Å²) in [6.45, 7) is 2.60. The van der Waals surface area contributed by atoms with Crippen molar-refractivity contribution in [3.05, 3.63) is 77.4 Å². The van der Waals surface area contributed by atoms with Crippen molar-refractivity contribution in [2.75, 3.05) is 0 Å². The summed E-state index contributed by atoms with van der Waals surface area (Å²) in [5, 5.41) is 2.88. The maximum atomic E-state index is 11.7. The van der Waals surface area contributed by atoms with E-state index in [2.05, 4.69) is 5.32 Å². The van der Waals surface area contributed by atoms with Gasteiger partial charge < -0.3 is 5.32 Å². The van der Waals surface area contributed by atoms with Crippen molar-refractivity contribution >= 4 is 12.0 Å². The number of carbonyl (C=O) groups is 1. The minimum Gasteiger partial charge on any atom is -0.348 e. The van der Waals surface area contributed by atoms with Crippen LogP contribution in [0.15, 0.2) is 60.7 Å². The second-order valence-corrected chi connectivity index (χ2v) is 4.39. The van der Waals surface area contributed by atoms with E-state index in [1.807, 2.05) is 67.6 Å². The number of benzene rings is 2. The highest BCUT2D eigenvalue weighted by Crippen LogP contribution is 2.06. The van der Waals surface area contributed by atoms with Crippen molar-refractivity contribution in [2.45, 2.75) is 13.5 Å².